The molecule has 18 heavy (non-hydrogen) atoms. The van der Waals surface area contributed by atoms with Crippen molar-refractivity contribution in [1.29, 1.82) is 0 Å². The fraction of sp³-hybridized carbons (Fsp3) is 0.643. The number of H-pyrrole nitrogens is 1. The molecular weight excluding hydrogens is 230 g/mol. The molecule has 1 aromatic heterocycles. The zero-order valence-electron chi connectivity index (χ0n) is 12.1. The van der Waals surface area contributed by atoms with Gasteiger partial charge in [0.1, 0.15) is 5.60 Å². The van der Waals surface area contributed by atoms with Crippen LogP contribution in [0.5, 0.6) is 5.88 Å². The zero-order chi connectivity index (χ0) is 13.9. The smallest absolute Gasteiger partial charge is 0.428 e. The van der Waals surface area contributed by atoms with Gasteiger partial charge in [-0.3, -0.25) is 0 Å². The topological polar surface area (TPSA) is 51.3 Å². The minimum atomic E-state index is -0.666. The Balaban J connectivity index is 2.88. The lowest BCUT2D eigenvalue weighted by Crippen LogP contribution is -2.26. The molecule has 0 aliphatic rings. The molecule has 102 valence electrons. The second-order valence-corrected chi connectivity index (χ2v) is 5.31. The van der Waals surface area contributed by atoms with Gasteiger partial charge < -0.3 is 14.5 Å². The molecule has 0 saturated carbocycles. The predicted molar refractivity (Wildman–Crippen MR) is 71.1 cm³/mol. The molecule has 1 aromatic rings. The summed E-state index contributed by atoms with van der Waals surface area (Å²) in [5.74, 6) is 0.515. The molecule has 1 N–H and O–H groups in total. The van der Waals surface area contributed by atoms with E-state index < -0.39 is 11.8 Å². The Hall–Kier alpha value is -1.45. The van der Waals surface area contributed by atoms with Crippen molar-refractivity contribution in [3.05, 3.63) is 16.8 Å². The Morgan fingerprint density at radius 2 is 1.72 bits per heavy atom. The van der Waals surface area contributed by atoms with Crippen LogP contribution >= 0.6 is 0 Å². The molecule has 0 atom stereocenters. The van der Waals surface area contributed by atoms with Gasteiger partial charge in [0.2, 0.25) is 5.88 Å². The van der Waals surface area contributed by atoms with Crippen LogP contribution in [0.25, 0.3) is 0 Å². The van der Waals surface area contributed by atoms with Crippen LogP contribution in [0.3, 0.4) is 0 Å². The first-order valence-electron chi connectivity index (χ1n) is 6.39. The third kappa shape index (κ3) is 3.52. The van der Waals surface area contributed by atoms with Crippen molar-refractivity contribution in [1.82, 2.24) is 4.98 Å². The van der Waals surface area contributed by atoms with Gasteiger partial charge in [0.15, 0.2) is 0 Å². The lowest BCUT2D eigenvalue weighted by molar-refractivity contribution is 0.0196. The Morgan fingerprint density at radius 3 is 2.17 bits per heavy atom. The first-order chi connectivity index (χ1) is 8.28. The van der Waals surface area contributed by atoms with E-state index in [-0.39, 0.29) is 0 Å². The van der Waals surface area contributed by atoms with E-state index in [0.29, 0.717) is 5.88 Å². The van der Waals surface area contributed by atoms with Crippen LogP contribution in [0, 0.1) is 6.92 Å². The van der Waals surface area contributed by atoms with Crippen LogP contribution in [0.15, 0.2) is 0 Å². The van der Waals surface area contributed by atoms with Crippen LogP contribution in [-0.2, 0) is 17.6 Å². The molecule has 0 saturated heterocycles. The van der Waals surface area contributed by atoms with Crippen molar-refractivity contribution in [2.45, 2.75) is 60.0 Å². The van der Waals surface area contributed by atoms with Crippen molar-refractivity contribution >= 4 is 6.16 Å². The Morgan fingerprint density at radius 1 is 1.17 bits per heavy atom. The van der Waals surface area contributed by atoms with Crippen molar-refractivity contribution in [3.8, 4) is 5.88 Å². The van der Waals surface area contributed by atoms with Gasteiger partial charge in [-0.15, -0.1) is 0 Å². The monoisotopic (exact) mass is 253 g/mol. The number of carbonyl (C=O) groups excluding carboxylic acids is 1. The standard InChI is InChI=1S/C14H23NO3/c1-7-10-9(3)15-12(11(10)8-2)17-13(16)18-14(4,5)6/h15H,7-8H2,1-6H3. The van der Waals surface area contributed by atoms with Gasteiger partial charge in [-0.25, -0.2) is 4.79 Å². The van der Waals surface area contributed by atoms with Crippen LogP contribution < -0.4 is 4.74 Å². The van der Waals surface area contributed by atoms with E-state index >= 15 is 0 Å². The molecule has 1 heterocycles. The predicted octanol–water partition coefficient (Wildman–Crippen LogP) is 3.76. The summed E-state index contributed by atoms with van der Waals surface area (Å²) in [6.07, 6.45) is 1.08. The fourth-order valence-electron chi connectivity index (χ4n) is 1.98. The lowest BCUT2D eigenvalue weighted by Gasteiger charge is -2.18. The van der Waals surface area contributed by atoms with E-state index in [1.165, 1.54) is 5.56 Å². The minimum Gasteiger partial charge on any atom is -0.428 e. The lowest BCUT2D eigenvalue weighted by atomic mass is 10.1. The van der Waals surface area contributed by atoms with Gasteiger partial charge in [0, 0.05) is 11.3 Å². The molecule has 0 radical (unpaired) electrons. The van der Waals surface area contributed by atoms with Crippen LogP contribution in [-0.4, -0.2) is 16.7 Å². The van der Waals surface area contributed by atoms with Crippen molar-refractivity contribution < 1.29 is 14.3 Å². The molecular formula is C14H23NO3. The quantitative estimate of drug-likeness (QED) is 0.834. The summed E-state index contributed by atoms with van der Waals surface area (Å²) < 4.78 is 10.4. The van der Waals surface area contributed by atoms with E-state index in [4.69, 9.17) is 9.47 Å². The molecule has 4 nitrogen and oxygen atoms in total. The molecule has 0 aromatic carbocycles. The van der Waals surface area contributed by atoms with Crippen LogP contribution in [0.4, 0.5) is 4.79 Å². The van der Waals surface area contributed by atoms with Gasteiger partial charge in [-0.2, -0.15) is 0 Å². The van der Waals surface area contributed by atoms with Crippen molar-refractivity contribution in [2.75, 3.05) is 0 Å². The number of hydrogen-bond acceptors (Lipinski definition) is 3. The highest BCUT2D eigenvalue weighted by Crippen LogP contribution is 2.27. The zero-order valence-corrected chi connectivity index (χ0v) is 12.1. The van der Waals surface area contributed by atoms with E-state index in [2.05, 4.69) is 11.9 Å². The van der Waals surface area contributed by atoms with Gasteiger partial charge in [-0.05, 0) is 46.1 Å². The largest absolute Gasteiger partial charge is 0.515 e. The van der Waals surface area contributed by atoms with Crippen LogP contribution in [0.1, 0.15) is 51.4 Å². The normalized spacial score (nSPS) is 11.4. The highest BCUT2D eigenvalue weighted by Gasteiger charge is 2.21. The Kier molecular flexibility index (Phi) is 4.43. The summed E-state index contributed by atoms with van der Waals surface area (Å²) in [6, 6.07) is 0. The SMILES string of the molecule is CCc1c(C)[nH]c(OC(=O)OC(C)(C)C)c1CC. The van der Waals surface area contributed by atoms with E-state index in [9.17, 15) is 4.79 Å². The van der Waals surface area contributed by atoms with Crippen LogP contribution in [0.2, 0.25) is 0 Å². The third-order valence-corrected chi connectivity index (χ3v) is 2.67. The van der Waals surface area contributed by atoms with E-state index in [0.717, 1.165) is 24.1 Å². The summed E-state index contributed by atoms with van der Waals surface area (Å²) >= 11 is 0. The molecule has 0 aliphatic carbocycles. The Bertz CT molecular complexity index is 427. The number of hydrogen-bond donors (Lipinski definition) is 1. The number of aromatic nitrogens is 1. The number of aromatic amines is 1. The highest BCUT2D eigenvalue weighted by molar-refractivity contribution is 5.65. The van der Waals surface area contributed by atoms with Crippen molar-refractivity contribution in [3.63, 3.8) is 0 Å². The maximum atomic E-state index is 11.6. The second-order valence-electron chi connectivity index (χ2n) is 5.31. The summed E-state index contributed by atoms with van der Waals surface area (Å²) in [7, 11) is 0. The number of nitrogens with one attached hydrogen (secondary N) is 1. The third-order valence-electron chi connectivity index (χ3n) is 2.67. The fourth-order valence-corrected chi connectivity index (χ4v) is 1.98. The number of aryl methyl sites for hydroxylation is 1. The molecule has 0 bridgehead atoms. The molecule has 0 aliphatic heterocycles. The Labute approximate surface area is 109 Å². The number of ether oxygens (including phenoxy) is 2. The maximum Gasteiger partial charge on any atom is 0.515 e. The maximum absolute atomic E-state index is 11.6. The highest BCUT2D eigenvalue weighted by atomic mass is 16.7. The van der Waals surface area contributed by atoms with E-state index in [1.54, 1.807) is 0 Å². The molecule has 4 heteroatoms. The van der Waals surface area contributed by atoms with Gasteiger partial charge in [0.05, 0.1) is 0 Å². The summed E-state index contributed by atoms with van der Waals surface area (Å²) in [6.45, 7) is 11.6. The molecule has 1 rings (SSSR count). The molecule has 0 fully saturated rings. The number of rotatable bonds is 3. The van der Waals surface area contributed by atoms with Crippen molar-refractivity contribution in [2.24, 2.45) is 0 Å². The summed E-state index contributed by atoms with van der Waals surface area (Å²) in [5.41, 5.74) is 2.78. The van der Waals surface area contributed by atoms with E-state index in [1.807, 2.05) is 34.6 Å². The van der Waals surface area contributed by atoms with Gasteiger partial charge in [0.25, 0.3) is 0 Å². The average Bonchev–Trinajstić information content (AvgIpc) is 2.50. The van der Waals surface area contributed by atoms with Gasteiger partial charge >= 0.3 is 6.16 Å². The molecule has 0 amide bonds. The molecule has 0 spiro atoms. The summed E-state index contributed by atoms with van der Waals surface area (Å²) in [5, 5.41) is 0. The molecule has 0 unspecified atom stereocenters. The second kappa shape index (κ2) is 5.46. The average molecular weight is 253 g/mol. The van der Waals surface area contributed by atoms with Gasteiger partial charge in [-0.1, -0.05) is 13.8 Å². The number of carbonyl (C=O) groups is 1. The minimum absolute atomic E-state index is 0.515. The first kappa shape index (κ1) is 14.6. The summed E-state index contributed by atoms with van der Waals surface area (Å²) in [4.78, 5) is 14.7. The first-order valence-corrected chi connectivity index (χ1v) is 6.39.